The van der Waals surface area contributed by atoms with E-state index in [-0.39, 0.29) is 17.1 Å². The van der Waals surface area contributed by atoms with Crippen LogP contribution in [0, 0.1) is 11.3 Å². The molecule has 0 unspecified atom stereocenters. The van der Waals surface area contributed by atoms with Crippen molar-refractivity contribution in [1.29, 1.82) is 5.26 Å². The Bertz CT molecular complexity index is 1280. The maximum absolute atomic E-state index is 12.4. The number of carbonyl (C=O) groups is 2. The minimum atomic E-state index is -0.726. The summed E-state index contributed by atoms with van der Waals surface area (Å²) in [5, 5.41) is 12.4. The summed E-state index contributed by atoms with van der Waals surface area (Å²) < 4.78 is 10.9. The number of benzene rings is 2. The first kappa shape index (κ1) is 20.6. The average molecular weight is 423 g/mol. The number of amides is 1. The number of hydrogen-bond acceptors (Lipinski definition) is 6. The molecule has 1 N–H and O–H groups in total. The summed E-state index contributed by atoms with van der Waals surface area (Å²) in [5.74, 6) is -0.923. The minimum Gasteiger partial charge on any atom is -0.451 e. The van der Waals surface area contributed by atoms with Gasteiger partial charge in [0.15, 0.2) is 6.61 Å². The van der Waals surface area contributed by atoms with Gasteiger partial charge >= 0.3 is 5.97 Å². The highest BCUT2D eigenvalue weighted by Gasteiger charge is 2.24. The Kier molecular flexibility index (Phi) is 6.05. The lowest BCUT2D eigenvalue weighted by Crippen LogP contribution is -2.21. The summed E-state index contributed by atoms with van der Waals surface area (Å²) in [6.07, 6.45) is 1.45. The Morgan fingerprint density at radius 2 is 1.59 bits per heavy atom. The molecule has 7 heteroatoms. The summed E-state index contributed by atoms with van der Waals surface area (Å²) in [5.41, 5.74) is 2.37. The zero-order valence-electron chi connectivity index (χ0n) is 16.8. The summed E-state index contributed by atoms with van der Waals surface area (Å²) in [4.78, 5) is 28.3. The summed E-state index contributed by atoms with van der Waals surface area (Å²) in [7, 11) is 0. The molecule has 0 atom stereocenters. The van der Waals surface area contributed by atoms with E-state index >= 15 is 0 Å². The molecule has 2 aromatic carbocycles. The molecular weight excluding hydrogens is 406 g/mol. The topological polar surface area (TPSA) is 105 Å². The van der Waals surface area contributed by atoms with Crippen molar-refractivity contribution < 1.29 is 18.7 Å². The second-order valence-corrected chi connectivity index (χ2v) is 6.69. The number of nitriles is 1. The standard InChI is InChI=1S/C25H17N3O4/c26-15-19-22(17-9-3-1-4-10-17)23(18-11-5-2-6-12-18)32-24(19)28-21(29)16-31-25(30)20-13-7-8-14-27-20/h1-14H,16H2,(H,28,29). The van der Waals surface area contributed by atoms with Crippen LogP contribution in [0.2, 0.25) is 0 Å². The molecule has 32 heavy (non-hydrogen) atoms. The Morgan fingerprint density at radius 3 is 2.22 bits per heavy atom. The van der Waals surface area contributed by atoms with Gasteiger partial charge in [-0.3, -0.25) is 10.1 Å². The van der Waals surface area contributed by atoms with Crippen LogP contribution in [-0.2, 0) is 9.53 Å². The molecule has 0 saturated carbocycles. The molecule has 4 aromatic rings. The quantitative estimate of drug-likeness (QED) is 0.452. The molecule has 0 bridgehead atoms. The molecule has 2 aromatic heterocycles. The first-order chi connectivity index (χ1) is 15.7. The van der Waals surface area contributed by atoms with Crippen LogP contribution in [0.3, 0.4) is 0 Å². The van der Waals surface area contributed by atoms with E-state index in [1.165, 1.54) is 12.3 Å². The number of nitrogens with one attached hydrogen (secondary N) is 1. The highest BCUT2D eigenvalue weighted by atomic mass is 16.5. The molecule has 0 aliphatic heterocycles. The molecule has 0 saturated heterocycles. The van der Waals surface area contributed by atoms with Gasteiger partial charge in [0, 0.05) is 17.3 Å². The van der Waals surface area contributed by atoms with E-state index in [1.807, 2.05) is 60.7 Å². The highest BCUT2D eigenvalue weighted by Crippen LogP contribution is 2.41. The van der Waals surface area contributed by atoms with Crippen molar-refractivity contribution >= 4 is 17.8 Å². The zero-order chi connectivity index (χ0) is 22.3. The van der Waals surface area contributed by atoms with Gasteiger partial charge in [-0.05, 0) is 17.7 Å². The number of aromatic nitrogens is 1. The number of hydrogen-bond donors (Lipinski definition) is 1. The molecule has 0 aliphatic carbocycles. The van der Waals surface area contributed by atoms with Gasteiger partial charge in [0.05, 0.1) is 0 Å². The van der Waals surface area contributed by atoms with Crippen molar-refractivity contribution in [2.24, 2.45) is 0 Å². The third-order valence-electron chi connectivity index (χ3n) is 4.58. The summed E-state index contributed by atoms with van der Waals surface area (Å²) >= 11 is 0. The van der Waals surface area contributed by atoms with E-state index in [9.17, 15) is 14.9 Å². The van der Waals surface area contributed by atoms with Crippen LogP contribution in [0.15, 0.2) is 89.5 Å². The number of nitrogens with zero attached hydrogens (tertiary/aromatic N) is 2. The van der Waals surface area contributed by atoms with E-state index in [4.69, 9.17) is 9.15 Å². The van der Waals surface area contributed by atoms with Crippen LogP contribution >= 0.6 is 0 Å². The number of furan rings is 1. The van der Waals surface area contributed by atoms with E-state index in [0.29, 0.717) is 11.3 Å². The third kappa shape index (κ3) is 4.40. The number of pyridine rings is 1. The van der Waals surface area contributed by atoms with Crippen LogP contribution in [0.25, 0.3) is 22.5 Å². The second-order valence-electron chi connectivity index (χ2n) is 6.69. The fourth-order valence-corrected chi connectivity index (χ4v) is 3.15. The van der Waals surface area contributed by atoms with Gasteiger partial charge < -0.3 is 9.15 Å². The number of carbonyl (C=O) groups excluding carboxylic acids is 2. The molecule has 0 fully saturated rings. The van der Waals surface area contributed by atoms with E-state index in [2.05, 4.69) is 16.4 Å². The van der Waals surface area contributed by atoms with Gasteiger partial charge in [0.25, 0.3) is 5.91 Å². The van der Waals surface area contributed by atoms with E-state index < -0.39 is 18.5 Å². The monoisotopic (exact) mass is 423 g/mol. The van der Waals surface area contributed by atoms with Crippen LogP contribution in [0.1, 0.15) is 16.1 Å². The van der Waals surface area contributed by atoms with E-state index in [1.54, 1.807) is 12.1 Å². The van der Waals surface area contributed by atoms with Crippen LogP contribution < -0.4 is 5.32 Å². The highest BCUT2D eigenvalue weighted by molar-refractivity contribution is 5.97. The number of rotatable bonds is 6. The van der Waals surface area contributed by atoms with Gasteiger partial charge in [0.2, 0.25) is 5.88 Å². The Balaban J connectivity index is 1.61. The Morgan fingerprint density at radius 1 is 0.938 bits per heavy atom. The van der Waals surface area contributed by atoms with Gasteiger partial charge in [0.1, 0.15) is 23.1 Å². The van der Waals surface area contributed by atoms with Crippen molar-refractivity contribution in [3.8, 4) is 28.5 Å². The van der Waals surface area contributed by atoms with Crippen molar-refractivity contribution in [1.82, 2.24) is 4.98 Å². The van der Waals surface area contributed by atoms with Gasteiger partial charge in [-0.15, -0.1) is 0 Å². The van der Waals surface area contributed by atoms with Crippen LogP contribution in [0.5, 0.6) is 0 Å². The van der Waals surface area contributed by atoms with Crippen LogP contribution in [-0.4, -0.2) is 23.5 Å². The first-order valence-electron chi connectivity index (χ1n) is 9.73. The normalized spacial score (nSPS) is 10.2. The summed E-state index contributed by atoms with van der Waals surface area (Å²) in [6, 6.07) is 25.5. The lowest BCUT2D eigenvalue weighted by molar-refractivity contribution is -0.119. The molecule has 0 aliphatic rings. The maximum atomic E-state index is 12.4. The number of esters is 1. The lowest BCUT2D eigenvalue weighted by atomic mass is 9.98. The van der Waals surface area contributed by atoms with Crippen LogP contribution in [0.4, 0.5) is 5.88 Å². The van der Waals surface area contributed by atoms with Crippen molar-refractivity contribution in [2.45, 2.75) is 0 Å². The number of ether oxygens (including phenoxy) is 1. The van der Waals surface area contributed by atoms with Gasteiger partial charge in [-0.1, -0.05) is 66.7 Å². The van der Waals surface area contributed by atoms with Crippen molar-refractivity contribution in [3.05, 3.63) is 96.3 Å². The Hall–Kier alpha value is -4.70. The predicted molar refractivity (Wildman–Crippen MR) is 117 cm³/mol. The largest absolute Gasteiger partial charge is 0.451 e. The molecule has 7 nitrogen and oxygen atoms in total. The SMILES string of the molecule is N#Cc1c(NC(=O)COC(=O)c2ccccn2)oc(-c2ccccc2)c1-c1ccccc1. The van der Waals surface area contributed by atoms with E-state index in [0.717, 1.165) is 11.1 Å². The zero-order valence-corrected chi connectivity index (χ0v) is 16.8. The molecule has 4 rings (SSSR count). The molecule has 1 amide bonds. The van der Waals surface area contributed by atoms with Crippen molar-refractivity contribution in [3.63, 3.8) is 0 Å². The predicted octanol–water partition coefficient (Wildman–Crippen LogP) is 4.68. The molecule has 0 spiro atoms. The fraction of sp³-hybridized carbons (Fsp3) is 0.0400. The van der Waals surface area contributed by atoms with Gasteiger partial charge in [-0.25, -0.2) is 9.78 Å². The second kappa shape index (κ2) is 9.41. The van der Waals surface area contributed by atoms with Crippen molar-refractivity contribution in [2.75, 3.05) is 11.9 Å². The fourth-order valence-electron chi connectivity index (χ4n) is 3.15. The molecule has 2 heterocycles. The third-order valence-corrected chi connectivity index (χ3v) is 4.58. The summed E-state index contributed by atoms with van der Waals surface area (Å²) in [6.45, 7) is -0.553. The molecule has 0 radical (unpaired) electrons. The smallest absolute Gasteiger partial charge is 0.357 e. The molecule has 156 valence electrons. The maximum Gasteiger partial charge on any atom is 0.357 e. The first-order valence-corrected chi connectivity index (χ1v) is 9.73. The lowest BCUT2D eigenvalue weighted by Gasteiger charge is -2.04. The van der Waals surface area contributed by atoms with Gasteiger partial charge in [-0.2, -0.15) is 5.26 Å². The molecular formula is C25H17N3O4. The number of anilines is 1. The minimum absolute atomic E-state index is 0.0101. The average Bonchev–Trinajstić information content (AvgIpc) is 3.22. The Labute approximate surface area is 183 Å².